The van der Waals surface area contributed by atoms with E-state index in [2.05, 4.69) is 12.8 Å². The van der Waals surface area contributed by atoms with Crippen LogP contribution in [0.15, 0.2) is 0 Å². The van der Waals surface area contributed by atoms with Crippen molar-refractivity contribution in [3.8, 4) is 12.8 Å². The molecule has 26 valence electrons. The van der Waals surface area contributed by atoms with Gasteiger partial charge in [0.25, 0.3) is 0 Å². The summed E-state index contributed by atoms with van der Waals surface area (Å²) < 4.78 is 0. The normalized spacial score (nSPS) is 0.500. The first-order valence-corrected chi connectivity index (χ1v) is 0.333. The Kier molecular flexibility index (Phi) is 2770000. The Morgan fingerprint density at radius 1 is 0.750 bits per heavy atom. The van der Waals surface area contributed by atoms with Crippen LogP contribution in [0, 0.1) is 12.8 Å². The van der Waals surface area contributed by atoms with Crippen molar-refractivity contribution >= 4 is 21.9 Å². The number of hydrogen-bond donors (Lipinski definition) is 0. The summed E-state index contributed by atoms with van der Waals surface area (Å²) in [7, 11) is 0. The SMILES string of the molecule is C#C.[SiH4].[SiH4]. The molecule has 0 unspecified atom stereocenters. The second-order valence-corrected chi connectivity index (χ2v) is 0. The third kappa shape index (κ3) is 50700. The molecule has 0 rings (SSSR count). The Hall–Kier alpha value is -0.00623. The molecular weight excluding hydrogens is 80.2 g/mol. The van der Waals surface area contributed by atoms with Crippen molar-refractivity contribution in [2.24, 2.45) is 0 Å². The monoisotopic (exact) mass is 90.0 g/mol. The largest absolute Gasteiger partial charge is 0.124 e. The molecular formula is C2H10Si2. The molecule has 0 aliphatic rings. The highest BCUT2D eigenvalue weighted by Crippen LogP contribution is 0.579. The number of hydrogen-bond acceptors (Lipinski definition) is 0. The molecule has 0 N–H and O–H groups in total. The molecule has 0 heterocycles. The highest BCUT2D eigenvalue weighted by molar-refractivity contribution is 5.76. The Morgan fingerprint density at radius 3 is 0.750 bits per heavy atom. The van der Waals surface area contributed by atoms with E-state index in [-0.39, 0.29) is 21.9 Å². The van der Waals surface area contributed by atoms with Crippen molar-refractivity contribution in [3.05, 3.63) is 0 Å². The van der Waals surface area contributed by atoms with E-state index in [1.54, 1.807) is 0 Å². The molecule has 0 atom stereocenters. The number of rotatable bonds is 0. The van der Waals surface area contributed by atoms with Crippen LogP contribution in [0.5, 0.6) is 0 Å². The maximum absolute atomic E-state index is 4.00. The van der Waals surface area contributed by atoms with Crippen LogP contribution >= 0.6 is 0 Å². The first-order chi connectivity index (χ1) is 1.00. The zero-order valence-corrected chi connectivity index (χ0v) is 1.15. The highest BCUT2D eigenvalue weighted by atomic mass is 28.1. The summed E-state index contributed by atoms with van der Waals surface area (Å²) in [5, 5.41) is 0. The molecule has 0 saturated carbocycles. The minimum Gasteiger partial charge on any atom is -0.124 e. The summed E-state index contributed by atoms with van der Waals surface area (Å²) in [6.45, 7) is 0. The number of terminal acetylenes is 1. The van der Waals surface area contributed by atoms with E-state index in [1.807, 2.05) is 0 Å². The zero-order valence-electron chi connectivity index (χ0n) is 1.15. The molecule has 0 bridgehead atoms. The van der Waals surface area contributed by atoms with Crippen molar-refractivity contribution < 1.29 is 0 Å². The van der Waals surface area contributed by atoms with Crippen molar-refractivity contribution in [3.63, 3.8) is 0 Å². The summed E-state index contributed by atoms with van der Waals surface area (Å²) in [5.41, 5.74) is 0. The van der Waals surface area contributed by atoms with Gasteiger partial charge in [0.05, 0.1) is 0 Å². The molecule has 4 heavy (non-hydrogen) atoms. The van der Waals surface area contributed by atoms with E-state index in [0.29, 0.717) is 0 Å². The second-order valence-electron chi connectivity index (χ2n) is 0. The van der Waals surface area contributed by atoms with E-state index < -0.39 is 0 Å². The van der Waals surface area contributed by atoms with E-state index in [9.17, 15) is 0 Å². The standard InChI is InChI=1S/C2H2.2H4Si/c1-2;;/h1-2H;2*1H4. The fourth-order valence-electron chi connectivity index (χ4n) is 0. The third-order valence-corrected chi connectivity index (χ3v) is 0. The zero-order chi connectivity index (χ0) is 2.00. The van der Waals surface area contributed by atoms with Gasteiger partial charge in [-0.3, -0.25) is 0 Å². The predicted octanol–water partition coefficient (Wildman–Crippen LogP) is -2.65. The van der Waals surface area contributed by atoms with Gasteiger partial charge in [-0.25, -0.2) is 0 Å². The van der Waals surface area contributed by atoms with Gasteiger partial charge in [-0.15, -0.1) is 12.8 Å². The topological polar surface area (TPSA) is 0 Å². The van der Waals surface area contributed by atoms with E-state index >= 15 is 0 Å². The quantitative estimate of drug-likeness (QED) is 0.225. The first kappa shape index (κ1) is 36.2. The van der Waals surface area contributed by atoms with Crippen LogP contribution in [-0.2, 0) is 0 Å². The average Bonchev–Trinajstić information content (AvgIpc) is 1.00. The van der Waals surface area contributed by atoms with Crippen LogP contribution in [0.25, 0.3) is 0 Å². The highest BCUT2D eigenvalue weighted by Gasteiger charge is 0.454. The molecule has 0 aliphatic heterocycles. The Morgan fingerprint density at radius 2 is 0.750 bits per heavy atom. The lowest BCUT2D eigenvalue weighted by atomic mass is 11.4. The lowest BCUT2D eigenvalue weighted by Crippen LogP contribution is -0.576. The molecule has 0 aliphatic carbocycles. The molecule has 0 nitrogen and oxygen atoms in total. The minimum atomic E-state index is 0. The molecule has 0 amide bonds. The van der Waals surface area contributed by atoms with E-state index in [0.717, 1.165) is 0 Å². The lowest BCUT2D eigenvalue weighted by Gasteiger charge is -0.701. The fourth-order valence-corrected chi connectivity index (χ4v) is 0. The predicted molar refractivity (Wildman–Crippen MR) is 32.6 cm³/mol. The van der Waals surface area contributed by atoms with Crippen LogP contribution in [0.1, 0.15) is 0 Å². The van der Waals surface area contributed by atoms with Gasteiger partial charge < -0.3 is 0 Å². The van der Waals surface area contributed by atoms with Crippen LogP contribution in [0.4, 0.5) is 0 Å². The summed E-state index contributed by atoms with van der Waals surface area (Å²) >= 11 is 0. The molecule has 0 aromatic heterocycles. The van der Waals surface area contributed by atoms with Crippen LogP contribution in [-0.4, -0.2) is 21.9 Å². The van der Waals surface area contributed by atoms with Crippen LogP contribution < -0.4 is 0 Å². The second kappa shape index (κ2) is 306000. The van der Waals surface area contributed by atoms with Gasteiger partial charge in [-0.2, -0.15) is 0 Å². The molecule has 2 heteroatoms. The molecule has 0 aromatic rings. The molecule has 0 radical (unpaired) electrons. The molecule has 0 spiro atoms. The van der Waals surface area contributed by atoms with E-state index in [4.69, 9.17) is 0 Å². The van der Waals surface area contributed by atoms with Gasteiger partial charge in [0.2, 0.25) is 0 Å². The van der Waals surface area contributed by atoms with Crippen molar-refractivity contribution in [1.82, 2.24) is 0 Å². The first-order valence-electron chi connectivity index (χ1n) is 0.333. The van der Waals surface area contributed by atoms with Gasteiger partial charge in [0, 0.05) is 0 Å². The van der Waals surface area contributed by atoms with Crippen LogP contribution in [0.3, 0.4) is 0 Å². The Labute approximate surface area is 35.7 Å². The molecule has 0 aromatic carbocycles. The van der Waals surface area contributed by atoms with Gasteiger partial charge in [-0.05, 0) is 21.9 Å². The lowest BCUT2D eigenvalue weighted by molar-refractivity contribution is 3.31. The van der Waals surface area contributed by atoms with Crippen molar-refractivity contribution in [2.75, 3.05) is 0 Å². The minimum absolute atomic E-state index is 0. The van der Waals surface area contributed by atoms with Gasteiger partial charge in [0.15, 0.2) is 0 Å². The third-order valence-electron chi connectivity index (χ3n) is 0. The Bertz CT molecular complexity index is 8.75. The Balaban J connectivity index is -0.00000000500. The van der Waals surface area contributed by atoms with Crippen molar-refractivity contribution in [2.45, 2.75) is 0 Å². The van der Waals surface area contributed by atoms with Crippen LogP contribution in [0.2, 0.25) is 0 Å². The van der Waals surface area contributed by atoms with Gasteiger partial charge in [-0.1, -0.05) is 0 Å². The smallest absolute Gasteiger partial charge is 0.0149 e. The summed E-state index contributed by atoms with van der Waals surface area (Å²) in [6, 6.07) is 0. The summed E-state index contributed by atoms with van der Waals surface area (Å²) in [4.78, 5) is 0. The maximum atomic E-state index is 4.00. The fraction of sp³-hybridized carbons (Fsp3) is 0. The van der Waals surface area contributed by atoms with Gasteiger partial charge in [0.1, 0.15) is 0 Å². The summed E-state index contributed by atoms with van der Waals surface area (Å²) in [5.74, 6) is 0. The van der Waals surface area contributed by atoms with E-state index in [1.165, 1.54) is 0 Å². The molecule has 0 fully saturated rings. The molecule has 0 saturated heterocycles. The van der Waals surface area contributed by atoms with Crippen molar-refractivity contribution in [1.29, 1.82) is 0 Å². The maximum Gasteiger partial charge on any atom is -0.0149 e. The van der Waals surface area contributed by atoms with Gasteiger partial charge >= 0.3 is 0 Å². The average molecular weight is 90.3 g/mol. The summed E-state index contributed by atoms with van der Waals surface area (Å²) in [6.07, 6.45) is 8.00.